The van der Waals surface area contributed by atoms with E-state index in [1.807, 2.05) is 0 Å². The predicted octanol–water partition coefficient (Wildman–Crippen LogP) is 4.88. The SMILES string of the molecule is CCCCCCC(Br)(Br)C(O)(Br)Br. The molecular weight excluding hydrogens is 432 g/mol. The Labute approximate surface area is 114 Å². The number of alkyl halides is 4. The van der Waals surface area contributed by atoms with Crippen molar-refractivity contribution >= 4 is 63.7 Å². The van der Waals surface area contributed by atoms with E-state index in [4.69, 9.17) is 0 Å². The first-order chi connectivity index (χ1) is 5.81. The number of rotatable bonds is 6. The van der Waals surface area contributed by atoms with Crippen LogP contribution >= 0.6 is 63.7 Å². The molecule has 0 radical (unpaired) electrons. The molecular formula is C8H14Br4O. The van der Waals surface area contributed by atoms with Gasteiger partial charge < -0.3 is 5.11 Å². The minimum atomic E-state index is -1.10. The van der Waals surface area contributed by atoms with Crippen LogP contribution in [0.3, 0.4) is 0 Å². The summed E-state index contributed by atoms with van der Waals surface area (Å²) in [6.07, 6.45) is 5.62. The van der Waals surface area contributed by atoms with Gasteiger partial charge in [-0.25, -0.2) is 0 Å². The summed E-state index contributed by atoms with van der Waals surface area (Å²) in [6.45, 7) is 2.18. The van der Waals surface area contributed by atoms with Gasteiger partial charge in [0.2, 0.25) is 0 Å². The van der Waals surface area contributed by atoms with Crippen LogP contribution in [0, 0.1) is 0 Å². The Balaban J connectivity index is 3.77. The molecule has 0 saturated carbocycles. The highest BCUT2D eigenvalue weighted by Crippen LogP contribution is 2.49. The Morgan fingerprint density at radius 3 is 1.92 bits per heavy atom. The highest BCUT2D eigenvalue weighted by molar-refractivity contribution is 9.30. The molecule has 5 heteroatoms. The molecule has 1 N–H and O–H groups in total. The zero-order valence-corrected chi connectivity index (χ0v) is 13.8. The van der Waals surface area contributed by atoms with Crippen molar-refractivity contribution in [3.05, 3.63) is 0 Å². The topological polar surface area (TPSA) is 20.2 Å². The van der Waals surface area contributed by atoms with Gasteiger partial charge >= 0.3 is 0 Å². The van der Waals surface area contributed by atoms with Gasteiger partial charge in [0.25, 0.3) is 0 Å². The lowest BCUT2D eigenvalue weighted by Gasteiger charge is -2.29. The number of halogens is 4. The normalized spacial score (nSPS) is 13.4. The van der Waals surface area contributed by atoms with Gasteiger partial charge in [0, 0.05) is 0 Å². The standard InChI is InChI=1S/C8H14Br4O/c1-2-3-4-5-6-7(9,10)8(11,12)13/h13H,2-6H2,1H3. The van der Waals surface area contributed by atoms with E-state index in [1.165, 1.54) is 19.3 Å². The maximum absolute atomic E-state index is 9.64. The summed E-state index contributed by atoms with van der Waals surface area (Å²) >= 11 is 13.2. The predicted molar refractivity (Wildman–Crippen MR) is 72.1 cm³/mol. The third kappa shape index (κ3) is 6.13. The molecule has 0 rings (SSSR count). The molecule has 0 heterocycles. The second-order valence-corrected chi connectivity index (χ2v) is 10.2. The van der Waals surface area contributed by atoms with E-state index in [1.54, 1.807) is 0 Å². The highest BCUT2D eigenvalue weighted by Gasteiger charge is 2.42. The van der Waals surface area contributed by atoms with Crippen LogP contribution in [-0.4, -0.2) is 11.8 Å². The van der Waals surface area contributed by atoms with Crippen LogP contribution in [0.4, 0.5) is 0 Å². The van der Waals surface area contributed by atoms with Gasteiger partial charge in [-0.3, -0.25) is 0 Å². The first-order valence-electron chi connectivity index (χ1n) is 4.29. The molecule has 0 spiro atoms. The lowest BCUT2D eigenvalue weighted by atomic mass is 10.1. The quantitative estimate of drug-likeness (QED) is 0.456. The van der Waals surface area contributed by atoms with Crippen LogP contribution in [0.25, 0.3) is 0 Å². The average Bonchev–Trinajstić information content (AvgIpc) is 1.96. The zero-order chi connectivity index (χ0) is 10.5. The molecule has 0 aliphatic heterocycles. The molecule has 80 valence electrons. The van der Waals surface area contributed by atoms with Crippen LogP contribution in [0.2, 0.25) is 0 Å². The maximum Gasteiger partial charge on any atom is 0.200 e. The van der Waals surface area contributed by atoms with E-state index in [0.29, 0.717) is 0 Å². The van der Waals surface area contributed by atoms with Crippen molar-refractivity contribution in [3.8, 4) is 0 Å². The minimum Gasteiger partial charge on any atom is -0.368 e. The molecule has 0 bridgehead atoms. The summed E-state index contributed by atoms with van der Waals surface area (Å²) in [4.78, 5) is 0. The van der Waals surface area contributed by atoms with Crippen LogP contribution in [0.1, 0.15) is 39.0 Å². The van der Waals surface area contributed by atoms with E-state index in [0.717, 1.165) is 12.8 Å². The lowest BCUT2D eigenvalue weighted by molar-refractivity contribution is 0.228. The van der Waals surface area contributed by atoms with Crippen molar-refractivity contribution in [2.75, 3.05) is 0 Å². The maximum atomic E-state index is 9.64. The van der Waals surface area contributed by atoms with E-state index < -0.39 is 6.65 Å². The Morgan fingerprint density at radius 2 is 1.54 bits per heavy atom. The van der Waals surface area contributed by atoms with Crippen molar-refractivity contribution in [1.29, 1.82) is 0 Å². The van der Waals surface area contributed by atoms with Crippen LogP contribution < -0.4 is 0 Å². The van der Waals surface area contributed by atoms with Crippen molar-refractivity contribution in [1.82, 2.24) is 0 Å². The smallest absolute Gasteiger partial charge is 0.200 e. The van der Waals surface area contributed by atoms with Gasteiger partial charge in [-0.15, -0.1) is 0 Å². The van der Waals surface area contributed by atoms with Gasteiger partial charge in [0.05, 0.1) is 0 Å². The van der Waals surface area contributed by atoms with Gasteiger partial charge in [-0.2, -0.15) is 0 Å². The second-order valence-electron chi connectivity index (χ2n) is 3.06. The third-order valence-electron chi connectivity index (χ3n) is 1.78. The van der Waals surface area contributed by atoms with Gasteiger partial charge in [-0.05, 0) is 38.3 Å². The van der Waals surface area contributed by atoms with Gasteiger partial charge in [0.15, 0.2) is 3.42 Å². The van der Waals surface area contributed by atoms with Crippen LogP contribution in [-0.2, 0) is 0 Å². The molecule has 0 aliphatic rings. The number of hydrogen-bond donors (Lipinski definition) is 1. The number of aliphatic hydroxyl groups is 1. The van der Waals surface area contributed by atoms with Crippen molar-refractivity contribution in [2.45, 2.75) is 45.7 Å². The fourth-order valence-corrected chi connectivity index (χ4v) is 1.88. The highest BCUT2D eigenvalue weighted by atomic mass is 79.9. The van der Waals surface area contributed by atoms with E-state index in [2.05, 4.69) is 70.6 Å². The Morgan fingerprint density at radius 1 is 1.00 bits per heavy atom. The molecule has 0 fully saturated rings. The lowest BCUT2D eigenvalue weighted by Crippen LogP contribution is -2.33. The summed E-state index contributed by atoms with van der Waals surface area (Å²) < 4.78 is -1.60. The Hall–Kier alpha value is 1.88. The van der Waals surface area contributed by atoms with Crippen LogP contribution in [0.15, 0.2) is 0 Å². The summed E-state index contributed by atoms with van der Waals surface area (Å²) in [5.74, 6) is 0. The number of unbranched alkanes of at least 4 members (excludes halogenated alkanes) is 3. The molecule has 0 saturated heterocycles. The molecule has 13 heavy (non-hydrogen) atoms. The number of hydrogen-bond acceptors (Lipinski definition) is 1. The molecule has 1 nitrogen and oxygen atoms in total. The first kappa shape index (κ1) is 14.9. The average molecular weight is 446 g/mol. The van der Waals surface area contributed by atoms with Gasteiger partial charge in [0.1, 0.15) is 3.23 Å². The van der Waals surface area contributed by atoms with Crippen molar-refractivity contribution < 1.29 is 5.11 Å². The molecule has 0 aromatic carbocycles. The monoisotopic (exact) mass is 442 g/mol. The summed E-state index contributed by atoms with van der Waals surface area (Å²) in [5, 5.41) is 9.64. The van der Waals surface area contributed by atoms with E-state index in [-0.39, 0.29) is 0 Å². The summed E-state index contributed by atoms with van der Waals surface area (Å²) in [5.41, 5.74) is 0. The van der Waals surface area contributed by atoms with E-state index in [9.17, 15) is 5.11 Å². The molecule has 0 aromatic heterocycles. The fourth-order valence-electron chi connectivity index (χ4n) is 0.924. The Bertz CT molecular complexity index is 142. The second kappa shape index (κ2) is 6.46. The summed E-state index contributed by atoms with van der Waals surface area (Å²) in [6, 6.07) is 0. The molecule has 0 aliphatic carbocycles. The van der Waals surface area contributed by atoms with Crippen molar-refractivity contribution in [2.24, 2.45) is 0 Å². The first-order valence-corrected chi connectivity index (χ1v) is 7.46. The summed E-state index contributed by atoms with van der Waals surface area (Å²) in [7, 11) is 0. The molecule has 0 amide bonds. The largest absolute Gasteiger partial charge is 0.368 e. The zero-order valence-electron chi connectivity index (χ0n) is 7.49. The van der Waals surface area contributed by atoms with Crippen molar-refractivity contribution in [3.63, 3.8) is 0 Å². The molecule has 0 unspecified atom stereocenters. The minimum absolute atomic E-state index is 0.499. The molecule has 0 aromatic rings. The van der Waals surface area contributed by atoms with E-state index >= 15 is 0 Å². The molecule has 0 atom stereocenters. The fraction of sp³-hybridized carbons (Fsp3) is 1.00. The van der Waals surface area contributed by atoms with Gasteiger partial charge in [-0.1, -0.05) is 64.5 Å². The van der Waals surface area contributed by atoms with Crippen LogP contribution in [0.5, 0.6) is 0 Å². The Kier molecular flexibility index (Phi) is 7.39. The third-order valence-corrected chi connectivity index (χ3v) is 7.21.